The molecule has 0 aromatic heterocycles. The van der Waals surface area contributed by atoms with Crippen molar-refractivity contribution < 1.29 is 14.6 Å². The van der Waals surface area contributed by atoms with Gasteiger partial charge < -0.3 is 19.9 Å². The summed E-state index contributed by atoms with van der Waals surface area (Å²) in [6.45, 7) is 7.95. The first-order chi connectivity index (χ1) is 9.64. The first-order valence-electron chi connectivity index (χ1n) is 7.01. The van der Waals surface area contributed by atoms with Crippen LogP contribution in [0.25, 0.3) is 0 Å². The minimum atomic E-state index is -0.743. The maximum atomic E-state index is 10.4. The molecule has 110 valence electrons. The summed E-state index contributed by atoms with van der Waals surface area (Å²) >= 11 is 0. The van der Waals surface area contributed by atoms with Crippen molar-refractivity contribution in [2.75, 3.05) is 19.8 Å². The quantitative estimate of drug-likeness (QED) is 0.747. The van der Waals surface area contributed by atoms with Crippen LogP contribution in [0, 0.1) is 0 Å². The molecular weight excluding hydrogens is 254 g/mol. The van der Waals surface area contributed by atoms with Crippen LogP contribution in [-0.4, -0.2) is 36.6 Å². The fourth-order valence-corrected chi connectivity index (χ4v) is 2.28. The van der Waals surface area contributed by atoms with E-state index in [1.807, 2.05) is 31.2 Å². The Labute approximate surface area is 120 Å². The highest BCUT2D eigenvalue weighted by Crippen LogP contribution is 2.24. The summed E-state index contributed by atoms with van der Waals surface area (Å²) < 4.78 is 10.8. The third kappa shape index (κ3) is 3.82. The molecule has 2 N–H and O–H groups in total. The number of aliphatic hydroxyl groups is 1. The van der Waals surface area contributed by atoms with Gasteiger partial charge in [0.2, 0.25) is 0 Å². The SMILES string of the molecule is C=CCOc1ccc(CNCC2(O)CCOC2C)cc1. The van der Waals surface area contributed by atoms with Crippen LogP contribution >= 0.6 is 0 Å². The maximum Gasteiger partial charge on any atom is 0.119 e. The van der Waals surface area contributed by atoms with Crippen LogP contribution < -0.4 is 10.1 Å². The molecule has 4 nitrogen and oxygen atoms in total. The molecule has 1 aliphatic rings. The topological polar surface area (TPSA) is 50.7 Å². The second-order valence-electron chi connectivity index (χ2n) is 5.21. The van der Waals surface area contributed by atoms with Crippen LogP contribution in [0.5, 0.6) is 5.75 Å². The highest BCUT2D eigenvalue weighted by molar-refractivity contribution is 5.27. The van der Waals surface area contributed by atoms with Gasteiger partial charge in [-0.25, -0.2) is 0 Å². The minimum absolute atomic E-state index is 0.107. The van der Waals surface area contributed by atoms with Crippen molar-refractivity contribution in [2.45, 2.75) is 31.6 Å². The van der Waals surface area contributed by atoms with Gasteiger partial charge in [0, 0.05) is 26.1 Å². The zero-order valence-electron chi connectivity index (χ0n) is 12.0. The van der Waals surface area contributed by atoms with E-state index in [2.05, 4.69) is 11.9 Å². The highest BCUT2D eigenvalue weighted by atomic mass is 16.5. The summed E-state index contributed by atoms with van der Waals surface area (Å²) in [6.07, 6.45) is 2.31. The van der Waals surface area contributed by atoms with E-state index in [-0.39, 0.29) is 6.10 Å². The number of hydrogen-bond donors (Lipinski definition) is 2. The number of nitrogens with one attached hydrogen (secondary N) is 1. The summed E-state index contributed by atoms with van der Waals surface area (Å²) in [7, 11) is 0. The molecule has 4 heteroatoms. The zero-order valence-corrected chi connectivity index (χ0v) is 12.0. The van der Waals surface area contributed by atoms with E-state index in [1.54, 1.807) is 6.08 Å². The Morgan fingerprint density at radius 3 is 2.85 bits per heavy atom. The van der Waals surface area contributed by atoms with Crippen LogP contribution in [0.3, 0.4) is 0 Å². The fourth-order valence-electron chi connectivity index (χ4n) is 2.28. The normalized spacial score (nSPS) is 25.6. The molecule has 1 fully saturated rings. The molecule has 0 aliphatic carbocycles. The van der Waals surface area contributed by atoms with Crippen LogP contribution in [0.4, 0.5) is 0 Å². The van der Waals surface area contributed by atoms with Crippen molar-refractivity contribution in [1.82, 2.24) is 5.32 Å². The van der Waals surface area contributed by atoms with Crippen molar-refractivity contribution in [3.63, 3.8) is 0 Å². The third-order valence-electron chi connectivity index (χ3n) is 3.71. The van der Waals surface area contributed by atoms with Gasteiger partial charge in [-0.3, -0.25) is 0 Å². The summed E-state index contributed by atoms with van der Waals surface area (Å²) in [5, 5.41) is 13.7. The van der Waals surface area contributed by atoms with Crippen LogP contribution in [-0.2, 0) is 11.3 Å². The molecule has 2 atom stereocenters. The lowest BCUT2D eigenvalue weighted by molar-refractivity contribution is -0.0262. The van der Waals surface area contributed by atoms with Crippen molar-refractivity contribution in [2.24, 2.45) is 0 Å². The van der Waals surface area contributed by atoms with Gasteiger partial charge in [-0.1, -0.05) is 24.8 Å². The first kappa shape index (κ1) is 15.0. The summed E-state index contributed by atoms with van der Waals surface area (Å²) in [4.78, 5) is 0. The van der Waals surface area contributed by atoms with Gasteiger partial charge in [-0.15, -0.1) is 0 Å². The molecule has 1 saturated heterocycles. The molecule has 0 bridgehead atoms. The molecule has 0 saturated carbocycles. The summed E-state index contributed by atoms with van der Waals surface area (Å²) in [5.41, 5.74) is 0.415. The molecule has 1 aliphatic heterocycles. The number of hydrogen-bond acceptors (Lipinski definition) is 4. The van der Waals surface area contributed by atoms with E-state index >= 15 is 0 Å². The Kier molecular flexibility index (Phi) is 5.17. The average molecular weight is 277 g/mol. The number of ether oxygens (including phenoxy) is 2. The zero-order chi connectivity index (χ0) is 14.4. The molecular formula is C16H23NO3. The molecule has 2 rings (SSSR count). The molecule has 1 heterocycles. The standard InChI is InChI=1S/C16H23NO3/c1-3-9-20-15-6-4-14(5-7-15)11-17-12-16(18)8-10-19-13(16)2/h3-7,13,17-18H,1,8-12H2,2H3. The van der Waals surface area contributed by atoms with Gasteiger partial charge in [0.05, 0.1) is 6.10 Å². The Hall–Kier alpha value is -1.36. The predicted molar refractivity (Wildman–Crippen MR) is 78.8 cm³/mol. The monoisotopic (exact) mass is 277 g/mol. The first-order valence-corrected chi connectivity index (χ1v) is 7.01. The van der Waals surface area contributed by atoms with E-state index in [4.69, 9.17) is 9.47 Å². The van der Waals surface area contributed by atoms with Crippen LogP contribution in [0.15, 0.2) is 36.9 Å². The lowest BCUT2D eigenvalue weighted by Crippen LogP contribution is -2.45. The molecule has 0 amide bonds. The Morgan fingerprint density at radius 2 is 2.25 bits per heavy atom. The lowest BCUT2D eigenvalue weighted by Gasteiger charge is -2.26. The molecule has 1 aromatic rings. The van der Waals surface area contributed by atoms with E-state index in [0.29, 0.717) is 26.2 Å². The second-order valence-corrected chi connectivity index (χ2v) is 5.21. The molecule has 1 aromatic carbocycles. The Bertz CT molecular complexity index is 432. The smallest absolute Gasteiger partial charge is 0.119 e. The van der Waals surface area contributed by atoms with Gasteiger partial charge in [0.25, 0.3) is 0 Å². The van der Waals surface area contributed by atoms with E-state index in [0.717, 1.165) is 17.9 Å². The Balaban J connectivity index is 1.78. The van der Waals surface area contributed by atoms with Gasteiger partial charge in [-0.2, -0.15) is 0 Å². The highest BCUT2D eigenvalue weighted by Gasteiger charge is 2.38. The van der Waals surface area contributed by atoms with E-state index in [1.165, 1.54) is 0 Å². The Morgan fingerprint density at radius 1 is 1.50 bits per heavy atom. The molecule has 0 radical (unpaired) electrons. The van der Waals surface area contributed by atoms with Gasteiger partial charge >= 0.3 is 0 Å². The molecule has 0 spiro atoms. The number of rotatable bonds is 7. The fraction of sp³-hybridized carbons (Fsp3) is 0.500. The van der Waals surface area contributed by atoms with E-state index in [9.17, 15) is 5.11 Å². The lowest BCUT2D eigenvalue weighted by atomic mass is 9.96. The largest absolute Gasteiger partial charge is 0.490 e. The third-order valence-corrected chi connectivity index (χ3v) is 3.71. The summed E-state index contributed by atoms with van der Waals surface area (Å²) in [6, 6.07) is 7.92. The molecule has 2 unspecified atom stereocenters. The van der Waals surface area contributed by atoms with Crippen molar-refractivity contribution in [1.29, 1.82) is 0 Å². The van der Waals surface area contributed by atoms with Crippen LogP contribution in [0.1, 0.15) is 18.9 Å². The van der Waals surface area contributed by atoms with Crippen LogP contribution in [0.2, 0.25) is 0 Å². The maximum absolute atomic E-state index is 10.4. The van der Waals surface area contributed by atoms with Crippen molar-refractivity contribution >= 4 is 0 Å². The van der Waals surface area contributed by atoms with Gasteiger partial charge in [0.1, 0.15) is 18.0 Å². The van der Waals surface area contributed by atoms with Crippen molar-refractivity contribution in [3.8, 4) is 5.75 Å². The van der Waals surface area contributed by atoms with Gasteiger partial charge in [0.15, 0.2) is 0 Å². The van der Waals surface area contributed by atoms with Crippen molar-refractivity contribution in [3.05, 3.63) is 42.5 Å². The predicted octanol–water partition coefficient (Wildman–Crippen LogP) is 1.88. The molecule has 20 heavy (non-hydrogen) atoms. The summed E-state index contributed by atoms with van der Waals surface area (Å²) in [5.74, 6) is 0.838. The van der Waals surface area contributed by atoms with E-state index < -0.39 is 5.60 Å². The van der Waals surface area contributed by atoms with Gasteiger partial charge in [-0.05, 0) is 24.6 Å². The second kappa shape index (κ2) is 6.88. The minimum Gasteiger partial charge on any atom is -0.490 e. The number of benzene rings is 1. The average Bonchev–Trinajstić information content (AvgIpc) is 2.78.